The molecule has 0 aromatic carbocycles. The number of nitrogens with zero attached hydrogens (tertiary/aromatic N) is 1. The van der Waals surface area contributed by atoms with Gasteiger partial charge in [-0.25, -0.2) is 4.79 Å². The number of likely N-dealkylation sites (N-methyl/N-ethyl adjacent to an activating group) is 1. The highest BCUT2D eigenvalue weighted by Gasteiger charge is 2.36. The largest absolute Gasteiger partial charge is 0.460 e. The summed E-state index contributed by atoms with van der Waals surface area (Å²) in [7, 11) is 1.76. The molecule has 0 aromatic rings. The SMILES string of the molecule is C=C(C)C(=O)OCCN(C)C(=O)CCCCCCCC1OC1CCCCCCCC. The topological polar surface area (TPSA) is 59.1 Å². The highest BCUT2D eigenvalue weighted by molar-refractivity contribution is 5.86. The van der Waals surface area contributed by atoms with Gasteiger partial charge in [-0.1, -0.05) is 77.7 Å². The van der Waals surface area contributed by atoms with Gasteiger partial charge < -0.3 is 14.4 Å². The standard InChI is InChI=1S/C25H45NO4/c1-5-6-7-8-10-13-16-22-23(30-22)17-14-11-9-12-15-18-24(27)26(4)19-20-29-25(28)21(2)3/h22-23H,2,5-20H2,1,3-4H3. The molecule has 174 valence electrons. The number of unbranched alkanes of at least 4 members (excludes halogenated alkanes) is 9. The van der Waals surface area contributed by atoms with Gasteiger partial charge in [-0.2, -0.15) is 0 Å². The second-order valence-electron chi connectivity index (χ2n) is 8.81. The summed E-state index contributed by atoms with van der Waals surface area (Å²) in [5.74, 6) is -0.286. The van der Waals surface area contributed by atoms with E-state index in [1.54, 1.807) is 18.9 Å². The number of amides is 1. The van der Waals surface area contributed by atoms with Crippen molar-refractivity contribution >= 4 is 11.9 Å². The second kappa shape index (κ2) is 16.3. The van der Waals surface area contributed by atoms with Gasteiger partial charge in [0, 0.05) is 19.0 Å². The van der Waals surface area contributed by atoms with Gasteiger partial charge in [0.15, 0.2) is 0 Å². The summed E-state index contributed by atoms with van der Waals surface area (Å²) in [4.78, 5) is 25.0. The van der Waals surface area contributed by atoms with Crippen molar-refractivity contribution in [3.63, 3.8) is 0 Å². The molecule has 5 heteroatoms. The van der Waals surface area contributed by atoms with E-state index in [4.69, 9.17) is 9.47 Å². The average Bonchev–Trinajstić information content (AvgIpc) is 3.47. The molecule has 0 N–H and O–H groups in total. The number of esters is 1. The molecule has 1 aliphatic heterocycles. The normalized spacial score (nSPS) is 17.6. The number of epoxide rings is 1. The van der Waals surface area contributed by atoms with Gasteiger partial charge >= 0.3 is 5.97 Å². The summed E-state index contributed by atoms with van der Waals surface area (Å²) in [6.07, 6.45) is 17.9. The molecule has 2 atom stereocenters. The molecule has 5 nitrogen and oxygen atoms in total. The van der Waals surface area contributed by atoms with Crippen molar-refractivity contribution in [2.24, 2.45) is 0 Å². The monoisotopic (exact) mass is 423 g/mol. The number of hydrogen-bond donors (Lipinski definition) is 0. The summed E-state index contributed by atoms with van der Waals surface area (Å²) in [5.41, 5.74) is 0.380. The van der Waals surface area contributed by atoms with Gasteiger partial charge in [-0.15, -0.1) is 0 Å². The van der Waals surface area contributed by atoms with Crippen LogP contribution in [0.5, 0.6) is 0 Å². The minimum Gasteiger partial charge on any atom is -0.460 e. The fourth-order valence-electron chi connectivity index (χ4n) is 3.68. The molecular formula is C25H45NO4. The van der Waals surface area contributed by atoms with Crippen LogP contribution in [0.15, 0.2) is 12.2 Å². The zero-order chi connectivity index (χ0) is 22.2. The zero-order valence-corrected chi connectivity index (χ0v) is 19.8. The third-order valence-corrected chi connectivity index (χ3v) is 5.84. The summed E-state index contributed by atoms with van der Waals surface area (Å²) in [6, 6.07) is 0. The predicted octanol–water partition coefficient (Wildman–Crippen LogP) is 5.81. The van der Waals surface area contributed by atoms with Crippen molar-refractivity contribution < 1.29 is 19.1 Å². The molecule has 30 heavy (non-hydrogen) atoms. The van der Waals surface area contributed by atoms with Crippen molar-refractivity contribution in [2.75, 3.05) is 20.2 Å². The fraction of sp³-hybridized carbons (Fsp3) is 0.840. The molecule has 0 aliphatic carbocycles. The van der Waals surface area contributed by atoms with E-state index in [2.05, 4.69) is 13.5 Å². The quantitative estimate of drug-likeness (QED) is 0.114. The van der Waals surface area contributed by atoms with Crippen molar-refractivity contribution in [2.45, 2.75) is 116 Å². The van der Waals surface area contributed by atoms with Crippen molar-refractivity contribution in [1.29, 1.82) is 0 Å². The first-order chi connectivity index (χ1) is 14.5. The lowest BCUT2D eigenvalue weighted by atomic mass is 10.0. The molecule has 1 rings (SSSR count). The van der Waals surface area contributed by atoms with Crippen LogP contribution in [-0.2, 0) is 19.1 Å². The van der Waals surface area contributed by atoms with Gasteiger partial charge in [0.25, 0.3) is 0 Å². The Morgan fingerprint density at radius 3 is 2.00 bits per heavy atom. The van der Waals surface area contributed by atoms with E-state index < -0.39 is 5.97 Å². The number of hydrogen-bond acceptors (Lipinski definition) is 4. The first-order valence-corrected chi connectivity index (χ1v) is 12.2. The van der Waals surface area contributed by atoms with Gasteiger partial charge in [0.05, 0.1) is 18.8 Å². The molecule has 2 unspecified atom stereocenters. The van der Waals surface area contributed by atoms with Crippen LogP contribution in [-0.4, -0.2) is 49.2 Å². The van der Waals surface area contributed by atoms with Crippen molar-refractivity contribution in [3.8, 4) is 0 Å². The van der Waals surface area contributed by atoms with E-state index in [0.29, 0.717) is 30.7 Å². The molecule has 0 bridgehead atoms. The molecule has 0 aromatic heterocycles. The Morgan fingerprint density at radius 1 is 0.900 bits per heavy atom. The summed E-state index contributed by atoms with van der Waals surface area (Å²) < 4.78 is 10.8. The molecule has 1 amide bonds. The van der Waals surface area contributed by atoms with Crippen LogP contribution in [0.3, 0.4) is 0 Å². The molecular weight excluding hydrogens is 378 g/mol. The lowest BCUT2D eigenvalue weighted by Crippen LogP contribution is -2.30. The third kappa shape index (κ3) is 13.0. The number of rotatable bonds is 19. The maximum absolute atomic E-state index is 12.1. The Labute approximate surface area is 184 Å². The van der Waals surface area contributed by atoms with Crippen LogP contribution in [0.1, 0.15) is 104 Å². The zero-order valence-electron chi connectivity index (χ0n) is 19.8. The maximum Gasteiger partial charge on any atom is 0.333 e. The molecule has 0 radical (unpaired) electrons. The van der Waals surface area contributed by atoms with Gasteiger partial charge in [0.2, 0.25) is 5.91 Å². The summed E-state index contributed by atoms with van der Waals surface area (Å²) in [6.45, 7) is 8.06. The van der Waals surface area contributed by atoms with Crippen LogP contribution < -0.4 is 0 Å². The lowest BCUT2D eigenvalue weighted by Gasteiger charge is -2.17. The number of ether oxygens (including phenoxy) is 2. The highest BCUT2D eigenvalue weighted by Crippen LogP contribution is 2.31. The first kappa shape index (κ1) is 26.7. The third-order valence-electron chi connectivity index (χ3n) is 5.84. The molecule has 0 spiro atoms. The maximum atomic E-state index is 12.1. The van der Waals surface area contributed by atoms with Gasteiger partial charge in [0.1, 0.15) is 6.61 Å². The predicted molar refractivity (Wildman–Crippen MR) is 122 cm³/mol. The lowest BCUT2D eigenvalue weighted by molar-refractivity contribution is -0.141. The minimum absolute atomic E-state index is 0.116. The minimum atomic E-state index is -0.402. The van der Waals surface area contributed by atoms with E-state index in [0.717, 1.165) is 12.8 Å². The summed E-state index contributed by atoms with van der Waals surface area (Å²) in [5, 5.41) is 0. The van der Waals surface area contributed by atoms with Gasteiger partial charge in [-0.05, 0) is 26.2 Å². The van der Waals surface area contributed by atoms with E-state index in [1.807, 2.05) is 0 Å². The van der Waals surface area contributed by atoms with Crippen LogP contribution in [0.25, 0.3) is 0 Å². The van der Waals surface area contributed by atoms with Crippen LogP contribution in [0.4, 0.5) is 0 Å². The molecule has 1 aliphatic rings. The van der Waals surface area contributed by atoms with Crippen LogP contribution in [0.2, 0.25) is 0 Å². The van der Waals surface area contributed by atoms with E-state index in [-0.39, 0.29) is 12.5 Å². The highest BCUT2D eigenvalue weighted by atomic mass is 16.6. The Hall–Kier alpha value is -1.36. The average molecular weight is 424 g/mol. The van der Waals surface area contributed by atoms with Gasteiger partial charge in [-0.3, -0.25) is 4.79 Å². The van der Waals surface area contributed by atoms with E-state index in [9.17, 15) is 9.59 Å². The van der Waals surface area contributed by atoms with E-state index >= 15 is 0 Å². The second-order valence-corrected chi connectivity index (χ2v) is 8.81. The molecule has 1 heterocycles. The van der Waals surface area contributed by atoms with Crippen LogP contribution in [0, 0.1) is 0 Å². The van der Waals surface area contributed by atoms with E-state index in [1.165, 1.54) is 70.6 Å². The first-order valence-electron chi connectivity index (χ1n) is 12.2. The summed E-state index contributed by atoms with van der Waals surface area (Å²) >= 11 is 0. The molecule has 1 saturated heterocycles. The van der Waals surface area contributed by atoms with Crippen LogP contribution >= 0.6 is 0 Å². The molecule has 0 saturated carbocycles. The molecule has 1 fully saturated rings. The fourth-order valence-corrected chi connectivity index (χ4v) is 3.68. The Bertz CT molecular complexity index is 505. The number of carbonyl (C=O) groups is 2. The van der Waals surface area contributed by atoms with Crippen molar-refractivity contribution in [1.82, 2.24) is 4.90 Å². The van der Waals surface area contributed by atoms with Crippen molar-refractivity contribution in [3.05, 3.63) is 12.2 Å². The Balaban J connectivity index is 1.88. The Morgan fingerprint density at radius 2 is 1.43 bits per heavy atom. The Kier molecular flexibility index (Phi) is 14.5. The number of carbonyl (C=O) groups excluding carboxylic acids is 2. The smallest absolute Gasteiger partial charge is 0.333 e.